The first-order valence-corrected chi connectivity index (χ1v) is 8.21. The van der Waals surface area contributed by atoms with E-state index in [2.05, 4.69) is 25.9 Å². The van der Waals surface area contributed by atoms with Crippen molar-refractivity contribution in [2.75, 3.05) is 13.6 Å². The van der Waals surface area contributed by atoms with E-state index in [9.17, 15) is 8.42 Å². The summed E-state index contributed by atoms with van der Waals surface area (Å²) >= 11 is 3.23. The van der Waals surface area contributed by atoms with E-state index in [1.165, 1.54) is 16.6 Å². The fraction of sp³-hybridized carbons (Fsp3) is 0.231. The van der Waals surface area contributed by atoms with Gasteiger partial charge in [0.25, 0.3) is 10.0 Å². The van der Waals surface area contributed by atoms with E-state index in [-0.39, 0.29) is 5.03 Å². The van der Waals surface area contributed by atoms with Crippen molar-refractivity contribution in [1.29, 1.82) is 0 Å². The standard InChI is InChI=1S/C13H14BrN3O2S/c1-17(9-7-12-4-2-3-8-15-12)20(18,19)13-6-5-11(14)10-16-13/h2-6,8,10H,7,9H2,1H3. The smallest absolute Gasteiger partial charge is 0.260 e. The quantitative estimate of drug-likeness (QED) is 0.823. The molecule has 0 saturated heterocycles. The lowest BCUT2D eigenvalue weighted by molar-refractivity contribution is 0.468. The summed E-state index contributed by atoms with van der Waals surface area (Å²) in [5.41, 5.74) is 0.860. The highest BCUT2D eigenvalue weighted by Crippen LogP contribution is 2.15. The second-order valence-electron chi connectivity index (χ2n) is 4.21. The Labute approximate surface area is 126 Å². The minimum absolute atomic E-state index is 0.0456. The highest BCUT2D eigenvalue weighted by molar-refractivity contribution is 9.10. The van der Waals surface area contributed by atoms with Crippen LogP contribution in [0.2, 0.25) is 0 Å². The number of rotatable bonds is 5. The van der Waals surface area contributed by atoms with Crippen LogP contribution in [0.5, 0.6) is 0 Å². The van der Waals surface area contributed by atoms with Crippen molar-refractivity contribution in [3.63, 3.8) is 0 Å². The molecule has 2 aromatic rings. The van der Waals surface area contributed by atoms with E-state index in [4.69, 9.17) is 0 Å². The van der Waals surface area contributed by atoms with Crippen LogP contribution in [0.25, 0.3) is 0 Å². The molecule has 0 spiro atoms. The van der Waals surface area contributed by atoms with Crippen LogP contribution in [0.1, 0.15) is 5.69 Å². The van der Waals surface area contributed by atoms with Crippen LogP contribution >= 0.6 is 15.9 Å². The average Bonchev–Trinajstić information content (AvgIpc) is 2.46. The molecule has 0 N–H and O–H groups in total. The van der Waals surface area contributed by atoms with E-state index in [0.717, 1.165) is 10.2 Å². The van der Waals surface area contributed by atoms with Gasteiger partial charge in [-0.05, 0) is 40.2 Å². The number of halogens is 1. The number of sulfonamides is 1. The molecule has 0 atom stereocenters. The van der Waals surface area contributed by atoms with Gasteiger partial charge in [0.1, 0.15) is 0 Å². The summed E-state index contributed by atoms with van der Waals surface area (Å²) in [5, 5.41) is 0.0456. The Morgan fingerprint density at radius 1 is 1.20 bits per heavy atom. The SMILES string of the molecule is CN(CCc1ccccn1)S(=O)(=O)c1ccc(Br)cn1. The molecule has 0 amide bonds. The molecule has 0 radical (unpaired) electrons. The summed E-state index contributed by atoms with van der Waals surface area (Å²) < 4.78 is 26.6. The normalized spacial score (nSPS) is 11.8. The Kier molecular flexibility index (Phi) is 4.85. The van der Waals surface area contributed by atoms with Crippen LogP contribution in [0, 0.1) is 0 Å². The molecular formula is C13H14BrN3O2S. The van der Waals surface area contributed by atoms with Crippen molar-refractivity contribution in [3.05, 3.63) is 52.9 Å². The number of nitrogens with zero attached hydrogens (tertiary/aromatic N) is 3. The van der Waals surface area contributed by atoms with Gasteiger partial charge in [0.05, 0.1) is 0 Å². The van der Waals surface area contributed by atoms with Gasteiger partial charge in [-0.25, -0.2) is 13.4 Å². The number of pyridine rings is 2. The first-order valence-electron chi connectivity index (χ1n) is 5.98. The summed E-state index contributed by atoms with van der Waals surface area (Å²) in [7, 11) is -2.01. The number of hydrogen-bond acceptors (Lipinski definition) is 4. The highest BCUT2D eigenvalue weighted by atomic mass is 79.9. The van der Waals surface area contributed by atoms with Gasteiger partial charge in [-0.15, -0.1) is 0 Å². The maximum Gasteiger partial charge on any atom is 0.260 e. The lowest BCUT2D eigenvalue weighted by atomic mass is 10.3. The maximum atomic E-state index is 12.3. The Morgan fingerprint density at radius 3 is 2.60 bits per heavy atom. The topological polar surface area (TPSA) is 63.2 Å². The molecule has 2 aromatic heterocycles. The van der Waals surface area contributed by atoms with Gasteiger partial charge in [0.2, 0.25) is 0 Å². The molecule has 2 rings (SSSR count). The van der Waals surface area contributed by atoms with Gasteiger partial charge in [0.15, 0.2) is 5.03 Å². The van der Waals surface area contributed by atoms with Crippen molar-refractivity contribution in [2.24, 2.45) is 0 Å². The predicted molar refractivity (Wildman–Crippen MR) is 79.7 cm³/mol. The predicted octanol–water partition coefficient (Wildman–Crippen LogP) is 2.10. The second kappa shape index (κ2) is 6.43. The van der Waals surface area contributed by atoms with E-state index in [1.54, 1.807) is 19.3 Å². The van der Waals surface area contributed by atoms with Gasteiger partial charge in [0, 0.05) is 42.6 Å². The first-order chi connectivity index (χ1) is 9.50. The van der Waals surface area contributed by atoms with E-state index < -0.39 is 10.0 Å². The highest BCUT2D eigenvalue weighted by Gasteiger charge is 2.21. The summed E-state index contributed by atoms with van der Waals surface area (Å²) in [4.78, 5) is 8.11. The average molecular weight is 356 g/mol. The van der Waals surface area contributed by atoms with Crippen LogP contribution in [-0.4, -0.2) is 36.3 Å². The molecule has 0 fully saturated rings. The van der Waals surface area contributed by atoms with E-state index >= 15 is 0 Å². The zero-order chi connectivity index (χ0) is 14.6. The van der Waals surface area contributed by atoms with Gasteiger partial charge in [-0.1, -0.05) is 6.07 Å². The summed E-state index contributed by atoms with van der Waals surface area (Å²) in [6.07, 6.45) is 3.73. The number of likely N-dealkylation sites (N-methyl/N-ethyl adjacent to an activating group) is 1. The molecular weight excluding hydrogens is 342 g/mol. The lowest BCUT2D eigenvalue weighted by Crippen LogP contribution is -2.29. The Hall–Kier alpha value is -1.31. The third kappa shape index (κ3) is 3.62. The fourth-order valence-electron chi connectivity index (χ4n) is 1.61. The Morgan fingerprint density at radius 2 is 2.00 bits per heavy atom. The molecule has 20 heavy (non-hydrogen) atoms. The molecule has 0 aromatic carbocycles. The Bertz CT molecular complexity index is 660. The van der Waals surface area contributed by atoms with E-state index in [0.29, 0.717) is 13.0 Å². The third-order valence-corrected chi connectivity index (χ3v) is 5.03. The van der Waals surface area contributed by atoms with Crippen LogP contribution < -0.4 is 0 Å². The minimum atomic E-state index is -3.55. The van der Waals surface area contributed by atoms with Gasteiger partial charge < -0.3 is 0 Å². The number of aromatic nitrogens is 2. The van der Waals surface area contributed by atoms with Crippen molar-refractivity contribution in [3.8, 4) is 0 Å². The molecule has 0 bridgehead atoms. The summed E-state index contributed by atoms with van der Waals surface area (Å²) in [5.74, 6) is 0. The van der Waals surface area contributed by atoms with Crippen molar-refractivity contribution in [1.82, 2.24) is 14.3 Å². The zero-order valence-corrected chi connectivity index (χ0v) is 13.3. The fourth-order valence-corrected chi connectivity index (χ4v) is 2.92. The molecule has 2 heterocycles. The third-order valence-electron chi connectivity index (χ3n) is 2.78. The maximum absolute atomic E-state index is 12.3. The monoisotopic (exact) mass is 355 g/mol. The molecule has 0 unspecified atom stereocenters. The molecule has 7 heteroatoms. The van der Waals surface area contributed by atoms with Crippen LogP contribution in [0.4, 0.5) is 0 Å². The zero-order valence-electron chi connectivity index (χ0n) is 10.9. The van der Waals surface area contributed by atoms with Crippen molar-refractivity contribution in [2.45, 2.75) is 11.4 Å². The lowest BCUT2D eigenvalue weighted by Gasteiger charge is -2.16. The summed E-state index contributed by atoms with van der Waals surface area (Å²) in [6, 6.07) is 8.73. The number of hydrogen-bond donors (Lipinski definition) is 0. The van der Waals surface area contributed by atoms with Crippen LogP contribution in [0.15, 0.2) is 52.2 Å². The molecule has 0 aliphatic heterocycles. The molecule has 0 aliphatic rings. The minimum Gasteiger partial charge on any atom is -0.261 e. The van der Waals surface area contributed by atoms with E-state index in [1.807, 2.05) is 18.2 Å². The second-order valence-corrected chi connectivity index (χ2v) is 7.12. The summed E-state index contributed by atoms with van der Waals surface area (Å²) in [6.45, 7) is 0.358. The van der Waals surface area contributed by atoms with Crippen molar-refractivity contribution < 1.29 is 8.42 Å². The van der Waals surface area contributed by atoms with Crippen molar-refractivity contribution >= 4 is 26.0 Å². The Balaban J connectivity index is 2.08. The molecule has 0 saturated carbocycles. The first kappa shape index (κ1) is 15.1. The van der Waals surface area contributed by atoms with Crippen LogP contribution in [0.3, 0.4) is 0 Å². The van der Waals surface area contributed by atoms with Gasteiger partial charge in [-0.3, -0.25) is 4.98 Å². The molecule has 0 aliphatic carbocycles. The van der Waals surface area contributed by atoms with Gasteiger partial charge >= 0.3 is 0 Å². The molecule has 5 nitrogen and oxygen atoms in total. The van der Waals surface area contributed by atoms with Gasteiger partial charge in [-0.2, -0.15) is 4.31 Å². The van der Waals surface area contributed by atoms with Crippen LogP contribution in [-0.2, 0) is 16.4 Å². The molecule has 106 valence electrons. The largest absolute Gasteiger partial charge is 0.261 e.